The number of benzene rings is 2. The molecule has 2 aromatic heterocycles. The van der Waals surface area contributed by atoms with E-state index in [2.05, 4.69) is 4.98 Å². The molecule has 0 unspecified atom stereocenters. The lowest BCUT2D eigenvalue weighted by Gasteiger charge is -2.07. The molecule has 5 nitrogen and oxygen atoms in total. The lowest BCUT2D eigenvalue weighted by Crippen LogP contribution is -2.11. The average Bonchev–Trinajstić information content (AvgIpc) is 3.02. The molecule has 0 bridgehead atoms. The summed E-state index contributed by atoms with van der Waals surface area (Å²) in [4.78, 5) is 4.02. The van der Waals surface area contributed by atoms with E-state index in [0.717, 1.165) is 16.1 Å². The van der Waals surface area contributed by atoms with Gasteiger partial charge in [0.15, 0.2) is 11.6 Å². The van der Waals surface area contributed by atoms with Crippen LogP contribution in [0.15, 0.2) is 71.9 Å². The van der Waals surface area contributed by atoms with Gasteiger partial charge in [-0.15, -0.1) is 12.4 Å². The largest absolute Gasteiger partial charge is 0.384 e. The van der Waals surface area contributed by atoms with Crippen LogP contribution in [-0.4, -0.2) is 17.4 Å². The van der Waals surface area contributed by atoms with Gasteiger partial charge in [-0.2, -0.15) is 0 Å². The summed E-state index contributed by atoms with van der Waals surface area (Å²) >= 11 is 0. The van der Waals surface area contributed by atoms with Crippen LogP contribution in [0.3, 0.4) is 0 Å². The Morgan fingerprint density at radius 1 is 0.964 bits per heavy atom. The first-order chi connectivity index (χ1) is 12.9. The fourth-order valence-electron chi connectivity index (χ4n) is 2.89. The van der Waals surface area contributed by atoms with Crippen LogP contribution in [0, 0.1) is 11.6 Å². The normalized spacial score (nSPS) is 11.4. The lowest BCUT2D eigenvalue weighted by molar-refractivity contribution is 0.510. The highest BCUT2D eigenvalue weighted by atomic mass is 35.5. The summed E-state index contributed by atoms with van der Waals surface area (Å²) in [5.41, 5.74) is 6.55. The SMILES string of the molecule is Cl.Nc1ccc(-c2cn(S(=O)(=O)c3ccccc3)c3cc(F)c(F)cc23)cn1. The molecule has 0 aliphatic heterocycles. The summed E-state index contributed by atoms with van der Waals surface area (Å²) in [6.07, 6.45) is 2.78. The number of nitrogen functional groups attached to an aromatic ring is 1. The van der Waals surface area contributed by atoms with Gasteiger partial charge in [-0.05, 0) is 30.3 Å². The molecule has 2 heterocycles. The third kappa shape index (κ3) is 3.21. The van der Waals surface area contributed by atoms with E-state index in [4.69, 9.17) is 5.73 Å². The number of rotatable bonds is 3. The Kier molecular flexibility index (Phi) is 5.10. The molecule has 4 rings (SSSR count). The first-order valence-electron chi connectivity index (χ1n) is 7.90. The van der Waals surface area contributed by atoms with Gasteiger partial charge in [0.2, 0.25) is 0 Å². The van der Waals surface area contributed by atoms with Crippen LogP contribution in [0.25, 0.3) is 22.0 Å². The average molecular weight is 422 g/mol. The quantitative estimate of drug-likeness (QED) is 0.537. The fourth-order valence-corrected chi connectivity index (χ4v) is 4.27. The Morgan fingerprint density at radius 2 is 1.64 bits per heavy atom. The van der Waals surface area contributed by atoms with Crippen LogP contribution in [0.5, 0.6) is 0 Å². The third-order valence-corrected chi connectivity index (χ3v) is 5.90. The fraction of sp³-hybridized carbons (Fsp3) is 0. The Balaban J connectivity index is 0.00000225. The van der Waals surface area contributed by atoms with E-state index in [9.17, 15) is 17.2 Å². The monoisotopic (exact) mass is 421 g/mol. The highest BCUT2D eigenvalue weighted by Gasteiger charge is 2.23. The maximum Gasteiger partial charge on any atom is 0.268 e. The van der Waals surface area contributed by atoms with Gasteiger partial charge in [-0.25, -0.2) is 26.2 Å². The molecule has 0 atom stereocenters. The van der Waals surface area contributed by atoms with Gasteiger partial charge in [-0.1, -0.05) is 18.2 Å². The molecule has 2 N–H and O–H groups in total. The predicted molar refractivity (Wildman–Crippen MR) is 106 cm³/mol. The number of nitrogens with zero attached hydrogens (tertiary/aromatic N) is 2. The Bertz CT molecular complexity index is 1260. The zero-order chi connectivity index (χ0) is 19.2. The van der Waals surface area contributed by atoms with Crippen molar-refractivity contribution in [2.24, 2.45) is 0 Å². The summed E-state index contributed by atoms with van der Waals surface area (Å²) in [5, 5.41) is 0.250. The van der Waals surface area contributed by atoms with Crippen LogP contribution < -0.4 is 5.73 Å². The van der Waals surface area contributed by atoms with Gasteiger partial charge in [0, 0.05) is 35.0 Å². The lowest BCUT2D eigenvalue weighted by atomic mass is 10.1. The highest BCUT2D eigenvalue weighted by Crippen LogP contribution is 2.34. The van der Waals surface area contributed by atoms with Crippen molar-refractivity contribution in [1.82, 2.24) is 8.96 Å². The topological polar surface area (TPSA) is 78.0 Å². The molecule has 0 saturated heterocycles. The smallest absolute Gasteiger partial charge is 0.268 e. The van der Waals surface area contributed by atoms with Crippen molar-refractivity contribution >= 4 is 39.2 Å². The third-order valence-electron chi connectivity index (χ3n) is 4.21. The molecule has 0 radical (unpaired) electrons. The Morgan fingerprint density at radius 3 is 2.29 bits per heavy atom. The van der Waals surface area contributed by atoms with Crippen molar-refractivity contribution in [1.29, 1.82) is 0 Å². The summed E-state index contributed by atoms with van der Waals surface area (Å²) in [5.74, 6) is -1.91. The molecular weight excluding hydrogens is 408 g/mol. The van der Waals surface area contributed by atoms with Crippen LogP contribution >= 0.6 is 12.4 Å². The molecule has 4 aromatic rings. The number of hydrogen-bond acceptors (Lipinski definition) is 4. The number of pyridine rings is 1. The second-order valence-corrected chi connectivity index (χ2v) is 7.73. The second kappa shape index (κ2) is 7.21. The highest BCUT2D eigenvalue weighted by molar-refractivity contribution is 7.90. The molecule has 28 heavy (non-hydrogen) atoms. The summed E-state index contributed by atoms with van der Waals surface area (Å²) in [7, 11) is -4.01. The van der Waals surface area contributed by atoms with E-state index in [1.54, 1.807) is 30.3 Å². The van der Waals surface area contributed by atoms with Crippen LogP contribution in [0.2, 0.25) is 0 Å². The van der Waals surface area contributed by atoms with Crippen molar-refractivity contribution in [3.05, 3.63) is 78.6 Å². The van der Waals surface area contributed by atoms with E-state index in [0.29, 0.717) is 11.1 Å². The van der Waals surface area contributed by atoms with Crippen LogP contribution in [0.1, 0.15) is 0 Å². The number of anilines is 1. The predicted octanol–water partition coefficient (Wildman–Crippen LogP) is 4.22. The Labute approximate surface area is 165 Å². The van der Waals surface area contributed by atoms with Crippen molar-refractivity contribution in [3.63, 3.8) is 0 Å². The van der Waals surface area contributed by atoms with Crippen molar-refractivity contribution < 1.29 is 17.2 Å². The minimum Gasteiger partial charge on any atom is -0.384 e. The van der Waals surface area contributed by atoms with Gasteiger partial charge in [0.1, 0.15) is 5.82 Å². The van der Waals surface area contributed by atoms with E-state index < -0.39 is 21.7 Å². The van der Waals surface area contributed by atoms with Gasteiger partial charge in [-0.3, -0.25) is 0 Å². The molecule has 0 aliphatic carbocycles. The van der Waals surface area contributed by atoms with Crippen molar-refractivity contribution in [2.45, 2.75) is 4.90 Å². The number of halogens is 3. The number of hydrogen-bond donors (Lipinski definition) is 1. The standard InChI is InChI=1S/C19H13F2N3O2S.ClH/c20-16-8-14-15(12-6-7-19(22)23-10-12)11-24(18(14)9-17(16)21)27(25,26)13-4-2-1-3-5-13;/h1-11H,(H2,22,23);1H. The number of aromatic nitrogens is 2. The second-order valence-electron chi connectivity index (χ2n) is 5.91. The molecular formula is C19H14ClF2N3O2S. The molecule has 2 aromatic carbocycles. The first kappa shape index (κ1) is 19.8. The Hall–Kier alpha value is -2.97. The van der Waals surface area contributed by atoms with E-state index in [1.807, 2.05) is 0 Å². The van der Waals surface area contributed by atoms with Crippen LogP contribution in [0.4, 0.5) is 14.6 Å². The first-order valence-corrected chi connectivity index (χ1v) is 9.34. The van der Waals surface area contributed by atoms with Crippen molar-refractivity contribution in [3.8, 4) is 11.1 Å². The van der Waals surface area contributed by atoms with E-state index in [-0.39, 0.29) is 34.0 Å². The number of fused-ring (bicyclic) bond motifs is 1. The van der Waals surface area contributed by atoms with Crippen molar-refractivity contribution in [2.75, 3.05) is 5.73 Å². The van der Waals surface area contributed by atoms with Gasteiger partial charge >= 0.3 is 0 Å². The summed E-state index contributed by atoms with van der Waals surface area (Å²) in [6, 6.07) is 12.8. The molecule has 0 saturated carbocycles. The van der Waals surface area contributed by atoms with Gasteiger partial charge in [0.25, 0.3) is 10.0 Å². The zero-order valence-electron chi connectivity index (χ0n) is 14.2. The maximum atomic E-state index is 13.9. The molecule has 9 heteroatoms. The van der Waals surface area contributed by atoms with Gasteiger partial charge in [0.05, 0.1) is 10.4 Å². The maximum absolute atomic E-state index is 13.9. The summed E-state index contributed by atoms with van der Waals surface area (Å²) < 4.78 is 54.8. The van der Waals surface area contributed by atoms with Gasteiger partial charge < -0.3 is 5.73 Å². The summed E-state index contributed by atoms with van der Waals surface area (Å²) in [6.45, 7) is 0. The molecule has 0 aliphatic rings. The molecule has 144 valence electrons. The minimum atomic E-state index is -4.01. The molecule has 0 amide bonds. The van der Waals surface area contributed by atoms with E-state index >= 15 is 0 Å². The molecule has 0 fully saturated rings. The van der Waals surface area contributed by atoms with E-state index in [1.165, 1.54) is 24.5 Å². The van der Waals surface area contributed by atoms with Crippen LogP contribution in [-0.2, 0) is 10.0 Å². The molecule has 0 spiro atoms. The minimum absolute atomic E-state index is 0. The zero-order valence-corrected chi connectivity index (χ0v) is 15.8. The number of nitrogens with two attached hydrogens (primary N) is 1.